The molecule has 0 radical (unpaired) electrons. The Bertz CT molecular complexity index is 768. The van der Waals surface area contributed by atoms with Crippen molar-refractivity contribution in [3.8, 4) is 0 Å². The molecule has 2 aromatic carbocycles. The third-order valence-corrected chi connectivity index (χ3v) is 3.92. The van der Waals surface area contributed by atoms with E-state index in [0.29, 0.717) is 11.1 Å². The first-order chi connectivity index (χ1) is 12.6. The van der Waals surface area contributed by atoms with Crippen LogP contribution in [0.2, 0.25) is 0 Å². The molecule has 0 unspecified atom stereocenters. The van der Waals surface area contributed by atoms with Crippen LogP contribution in [0.1, 0.15) is 39.9 Å². The molecule has 1 amide bonds. The van der Waals surface area contributed by atoms with Gasteiger partial charge in [-0.05, 0) is 48.2 Å². The molecule has 0 atom stereocenters. The fourth-order valence-electron chi connectivity index (χ4n) is 2.55. The number of aryl methyl sites for hydroxylation is 1. The summed E-state index contributed by atoms with van der Waals surface area (Å²) in [5.74, 6) is -0.420. The van der Waals surface area contributed by atoms with E-state index in [1.54, 1.807) is 30.3 Å². The highest BCUT2D eigenvalue weighted by Crippen LogP contribution is 2.31. The van der Waals surface area contributed by atoms with E-state index in [9.17, 15) is 31.1 Å². The van der Waals surface area contributed by atoms with Crippen molar-refractivity contribution >= 4 is 5.91 Å². The Hall–Kier alpha value is -2.51. The smallest absolute Gasteiger partial charge is 0.348 e. The molecule has 8 heteroatoms. The summed E-state index contributed by atoms with van der Waals surface area (Å²) in [6.45, 7) is -0.0762. The second kappa shape index (κ2) is 8.45. The highest BCUT2D eigenvalue weighted by molar-refractivity contribution is 5.94. The van der Waals surface area contributed by atoms with Crippen molar-refractivity contribution in [2.24, 2.45) is 0 Å². The van der Waals surface area contributed by atoms with Gasteiger partial charge in [0.1, 0.15) is 0 Å². The van der Waals surface area contributed by atoms with E-state index in [-0.39, 0.29) is 24.9 Å². The standard InChI is InChI=1S/C19H17F6NO/c20-18(21,22)10-4-7-14-11-16(19(23,24)25)9-8-15(14)12-26-17(27)13-5-2-1-3-6-13/h1-3,5-6,8-9,11H,4,7,10,12H2,(H,26,27). The maximum absolute atomic E-state index is 12.9. The Balaban J connectivity index is 2.14. The number of benzene rings is 2. The van der Waals surface area contributed by atoms with E-state index >= 15 is 0 Å². The van der Waals surface area contributed by atoms with E-state index in [1.807, 2.05) is 0 Å². The van der Waals surface area contributed by atoms with Gasteiger partial charge in [-0.25, -0.2) is 0 Å². The van der Waals surface area contributed by atoms with Gasteiger partial charge < -0.3 is 5.32 Å². The van der Waals surface area contributed by atoms with Crippen molar-refractivity contribution in [3.63, 3.8) is 0 Å². The minimum Gasteiger partial charge on any atom is -0.348 e. The first kappa shape index (κ1) is 20.8. The third-order valence-electron chi connectivity index (χ3n) is 3.92. The number of nitrogens with one attached hydrogen (secondary N) is 1. The highest BCUT2D eigenvalue weighted by atomic mass is 19.4. The molecule has 0 heterocycles. The maximum atomic E-state index is 12.9. The van der Waals surface area contributed by atoms with Crippen molar-refractivity contribution in [3.05, 3.63) is 70.8 Å². The second-order valence-corrected chi connectivity index (χ2v) is 6.00. The van der Waals surface area contributed by atoms with Crippen molar-refractivity contribution < 1.29 is 31.1 Å². The van der Waals surface area contributed by atoms with E-state index < -0.39 is 30.2 Å². The van der Waals surface area contributed by atoms with Crippen molar-refractivity contribution in [1.29, 1.82) is 0 Å². The Labute approximate surface area is 152 Å². The molecule has 2 rings (SSSR count). The lowest BCUT2D eigenvalue weighted by Gasteiger charge is -2.15. The van der Waals surface area contributed by atoms with E-state index in [2.05, 4.69) is 5.32 Å². The average Bonchev–Trinajstić information content (AvgIpc) is 2.59. The summed E-state index contributed by atoms with van der Waals surface area (Å²) in [6, 6.07) is 11.1. The topological polar surface area (TPSA) is 29.1 Å². The predicted molar refractivity (Wildman–Crippen MR) is 88.0 cm³/mol. The van der Waals surface area contributed by atoms with Crippen LogP contribution in [0.25, 0.3) is 0 Å². The number of amides is 1. The van der Waals surface area contributed by atoms with Crippen LogP contribution in [-0.2, 0) is 19.1 Å². The van der Waals surface area contributed by atoms with Gasteiger partial charge in [-0.3, -0.25) is 4.79 Å². The zero-order valence-corrected chi connectivity index (χ0v) is 14.1. The van der Waals surface area contributed by atoms with Gasteiger partial charge in [-0.2, -0.15) is 26.3 Å². The van der Waals surface area contributed by atoms with Gasteiger partial charge in [-0.1, -0.05) is 24.3 Å². The molecule has 0 saturated heterocycles. The highest BCUT2D eigenvalue weighted by Gasteiger charge is 2.31. The maximum Gasteiger partial charge on any atom is 0.416 e. The zero-order valence-electron chi connectivity index (χ0n) is 14.1. The lowest BCUT2D eigenvalue weighted by Crippen LogP contribution is -2.23. The van der Waals surface area contributed by atoms with Crippen LogP contribution in [0.15, 0.2) is 48.5 Å². The summed E-state index contributed by atoms with van der Waals surface area (Å²) >= 11 is 0. The molecule has 0 aliphatic rings. The molecule has 0 aromatic heterocycles. The predicted octanol–water partition coefficient (Wildman–Crippen LogP) is 5.52. The van der Waals surface area contributed by atoms with Crippen molar-refractivity contribution in [2.75, 3.05) is 0 Å². The van der Waals surface area contributed by atoms with Crippen LogP contribution in [0.4, 0.5) is 26.3 Å². The number of carbonyl (C=O) groups excluding carboxylic acids is 1. The van der Waals surface area contributed by atoms with Gasteiger partial charge in [0.05, 0.1) is 5.56 Å². The summed E-state index contributed by atoms with van der Waals surface area (Å²) in [4.78, 5) is 12.1. The lowest BCUT2D eigenvalue weighted by atomic mass is 9.98. The van der Waals surface area contributed by atoms with Crippen LogP contribution in [0.3, 0.4) is 0 Å². The number of alkyl halides is 6. The summed E-state index contributed by atoms with van der Waals surface area (Å²) < 4.78 is 75.7. The fraction of sp³-hybridized carbons (Fsp3) is 0.316. The lowest BCUT2D eigenvalue weighted by molar-refractivity contribution is -0.138. The number of halogens is 6. The molecule has 2 aromatic rings. The number of hydrogen-bond donors (Lipinski definition) is 1. The Morgan fingerprint density at radius 3 is 2.15 bits per heavy atom. The molecule has 0 spiro atoms. The monoisotopic (exact) mass is 389 g/mol. The minimum atomic E-state index is -4.59. The van der Waals surface area contributed by atoms with Gasteiger partial charge in [0, 0.05) is 18.5 Å². The summed E-state index contributed by atoms with van der Waals surface area (Å²) in [5.41, 5.74) is -0.0532. The first-order valence-electron chi connectivity index (χ1n) is 8.15. The molecule has 146 valence electrons. The van der Waals surface area contributed by atoms with Crippen LogP contribution in [0.5, 0.6) is 0 Å². The average molecular weight is 389 g/mol. The Morgan fingerprint density at radius 2 is 1.56 bits per heavy atom. The van der Waals surface area contributed by atoms with E-state index in [1.165, 1.54) is 6.07 Å². The molecule has 1 N–H and O–H groups in total. The third kappa shape index (κ3) is 6.62. The number of rotatable bonds is 6. The Kier molecular flexibility index (Phi) is 6.51. The summed E-state index contributed by atoms with van der Waals surface area (Å²) in [6.07, 6.45) is -10.5. The van der Waals surface area contributed by atoms with E-state index in [4.69, 9.17) is 0 Å². The van der Waals surface area contributed by atoms with Crippen molar-refractivity contribution in [1.82, 2.24) is 5.32 Å². The molecule has 0 aliphatic carbocycles. The number of carbonyl (C=O) groups is 1. The second-order valence-electron chi connectivity index (χ2n) is 6.00. The summed E-state index contributed by atoms with van der Waals surface area (Å²) in [7, 11) is 0. The molecule has 0 aliphatic heterocycles. The van der Waals surface area contributed by atoms with Crippen LogP contribution < -0.4 is 5.32 Å². The largest absolute Gasteiger partial charge is 0.416 e. The SMILES string of the molecule is O=C(NCc1ccc(C(F)(F)F)cc1CCCC(F)(F)F)c1ccccc1. The molecule has 0 fully saturated rings. The molecular formula is C19H17F6NO. The summed E-state index contributed by atoms with van der Waals surface area (Å²) in [5, 5.41) is 2.58. The number of hydrogen-bond acceptors (Lipinski definition) is 1. The van der Waals surface area contributed by atoms with Crippen LogP contribution in [-0.4, -0.2) is 12.1 Å². The molecule has 2 nitrogen and oxygen atoms in total. The van der Waals surface area contributed by atoms with Crippen LogP contribution >= 0.6 is 0 Å². The van der Waals surface area contributed by atoms with Gasteiger partial charge in [0.15, 0.2) is 0 Å². The van der Waals surface area contributed by atoms with Gasteiger partial charge in [0.25, 0.3) is 5.91 Å². The van der Waals surface area contributed by atoms with Gasteiger partial charge >= 0.3 is 12.4 Å². The molecule has 0 saturated carbocycles. The minimum absolute atomic E-state index is 0.0762. The van der Waals surface area contributed by atoms with Crippen LogP contribution in [0, 0.1) is 0 Å². The van der Waals surface area contributed by atoms with Gasteiger partial charge in [0.2, 0.25) is 0 Å². The van der Waals surface area contributed by atoms with E-state index in [0.717, 1.165) is 12.1 Å². The Morgan fingerprint density at radius 1 is 0.889 bits per heavy atom. The van der Waals surface area contributed by atoms with Crippen molar-refractivity contribution in [2.45, 2.75) is 38.2 Å². The molecule has 27 heavy (non-hydrogen) atoms. The molecular weight excluding hydrogens is 372 g/mol. The zero-order chi connectivity index (χ0) is 20.1. The quantitative estimate of drug-likeness (QED) is 0.648. The fourth-order valence-corrected chi connectivity index (χ4v) is 2.55. The van der Waals surface area contributed by atoms with Gasteiger partial charge in [-0.15, -0.1) is 0 Å². The first-order valence-corrected chi connectivity index (χ1v) is 8.15. The molecule has 0 bridgehead atoms. The normalized spacial score (nSPS) is 12.1.